The molecule has 202 valence electrons. The summed E-state index contributed by atoms with van der Waals surface area (Å²) in [7, 11) is 0. The third kappa shape index (κ3) is 3.91. The van der Waals surface area contributed by atoms with Gasteiger partial charge >= 0.3 is 6.18 Å². The van der Waals surface area contributed by atoms with Crippen LogP contribution in [0.2, 0.25) is 0 Å². The summed E-state index contributed by atoms with van der Waals surface area (Å²) >= 11 is 0. The molecule has 0 aromatic heterocycles. The van der Waals surface area contributed by atoms with Crippen molar-refractivity contribution in [3.05, 3.63) is 106 Å². The molecular weight excluding hydrogens is 529 g/mol. The molecule has 2 fully saturated rings. The number of carbonyl (C=O) groups is 3. The van der Waals surface area contributed by atoms with Crippen molar-refractivity contribution in [1.82, 2.24) is 4.90 Å². The first kappa shape index (κ1) is 25.3. The lowest BCUT2D eigenvalue weighted by Gasteiger charge is -2.35. The summed E-state index contributed by atoms with van der Waals surface area (Å²) in [5.74, 6) is -4.32. The molecule has 4 atom stereocenters. The van der Waals surface area contributed by atoms with Crippen LogP contribution in [-0.4, -0.2) is 33.6 Å². The minimum absolute atomic E-state index is 0.00169. The molecule has 0 radical (unpaired) electrons. The summed E-state index contributed by atoms with van der Waals surface area (Å²) in [5.41, 5.74) is 0.104. The predicted octanol–water partition coefficient (Wildman–Crippen LogP) is 4.77. The average molecular weight is 548 g/mol. The highest BCUT2D eigenvalue weighted by Gasteiger charge is 2.64. The Morgan fingerprint density at radius 3 is 2.40 bits per heavy atom. The van der Waals surface area contributed by atoms with Crippen molar-refractivity contribution in [3.63, 3.8) is 0 Å². The first-order valence-electron chi connectivity index (χ1n) is 12.2. The normalized spacial score (nSPS) is 23.1. The zero-order valence-corrected chi connectivity index (χ0v) is 20.4. The number of fused-ring (bicyclic) bond motifs is 5. The summed E-state index contributed by atoms with van der Waals surface area (Å²) in [6.07, 6.45) is -1.28. The Balaban J connectivity index is 1.42. The number of anilines is 2. The number of rotatable bonds is 4. The molecule has 3 amide bonds. The quantitative estimate of drug-likeness (QED) is 0.286. The standard InChI is InChI=1S/C28H19F3N4O5/c29-28(30,31)16-6-3-7-17(13-16)32-25(36)24-22-21(23-20-10-2-1-5-15(20)11-12-33(23)24)26(37)34(27(22)38)18-8-4-9-19(14-18)35(39)40/h1-14,21-24H,(H,32,36)/t21-,22+,23-,24-/m0/s1. The molecule has 40 heavy (non-hydrogen) atoms. The Morgan fingerprint density at radius 1 is 0.925 bits per heavy atom. The lowest BCUT2D eigenvalue weighted by atomic mass is 9.84. The topological polar surface area (TPSA) is 113 Å². The monoisotopic (exact) mass is 548 g/mol. The Bertz CT molecular complexity index is 1620. The number of imide groups is 1. The number of nitrogens with zero attached hydrogens (tertiary/aromatic N) is 3. The largest absolute Gasteiger partial charge is 0.416 e. The van der Waals surface area contributed by atoms with E-state index < -0.39 is 58.3 Å². The van der Waals surface area contributed by atoms with Crippen molar-refractivity contribution in [2.45, 2.75) is 18.3 Å². The number of alkyl halides is 3. The molecule has 0 bridgehead atoms. The average Bonchev–Trinajstić information content (AvgIpc) is 3.40. The van der Waals surface area contributed by atoms with Gasteiger partial charge in [-0.1, -0.05) is 36.4 Å². The Labute approximate surface area is 224 Å². The van der Waals surface area contributed by atoms with Crippen LogP contribution in [0, 0.1) is 22.0 Å². The summed E-state index contributed by atoms with van der Waals surface area (Å²) in [4.78, 5) is 54.5. The third-order valence-corrected chi connectivity index (χ3v) is 7.49. The Hall–Kier alpha value is -5.00. The van der Waals surface area contributed by atoms with Gasteiger partial charge in [0.1, 0.15) is 6.04 Å². The van der Waals surface area contributed by atoms with Crippen LogP contribution < -0.4 is 10.2 Å². The smallest absolute Gasteiger partial charge is 0.357 e. The number of halogens is 3. The molecule has 0 spiro atoms. The van der Waals surface area contributed by atoms with E-state index in [4.69, 9.17) is 0 Å². The van der Waals surface area contributed by atoms with Gasteiger partial charge in [0.15, 0.2) is 0 Å². The molecule has 0 unspecified atom stereocenters. The highest BCUT2D eigenvalue weighted by atomic mass is 19.4. The molecule has 12 heteroatoms. The molecule has 1 N–H and O–H groups in total. The van der Waals surface area contributed by atoms with E-state index in [-0.39, 0.29) is 17.1 Å². The third-order valence-electron chi connectivity index (χ3n) is 7.49. The number of nitro benzene ring substituents is 1. The van der Waals surface area contributed by atoms with E-state index in [9.17, 15) is 37.7 Å². The van der Waals surface area contributed by atoms with Gasteiger partial charge in [-0.15, -0.1) is 0 Å². The van der Waals surface area contributed by atoms with Crippen molar-refractivity contribution in [2.24, 2.45) is 11.8 Å². The van der Waals surface area contributed by atoms with Crippen LogP contribution in [0.4, 0.5) is 30.2 Å². The molecule has 6 rings (SSSR count). The van der Waals surface area contributed by atoms with E-state index in [1.807, 2.05) is 6.07 Å². The zero-order chi connectivity index (χ0) is 28.3. The number of nitrogens with one attached hydrogen (secondary N) is 1. The van der Waals surface area contributed by atoms with Crippen LogP contribution >= 0.6 is 0 Å². The first-order chi connectivity index (χ1) is 19.1. The fraction of sp³-hybridized carbons (Fsp3) is 0.179. The summed E-state index contributed by atoms with van der Waals surface area (Å²) in [5, 5.41) is 13.8. The zero-order valence-electron chi connectivity index (χ0n) is 20.4. The lowest BCUT2D eigenvalue weighted by Crippen LogP contribution is -2.46. The second-order valence-corrected chi connectivity index (χ2v) is 9.69. The van der Waals surface area contributed by atoms with Crippen molar-refractivity contribution in [2.75, 3.05) is 10.2 Å². The van der Waals surface area contributed by atoms with E-state index in [1.54, 1.807) is 35.4 Å². The van der Waals surface area contributed by atoms with E-state index >= 15 is 0 Å². The van der Waals surface area contributed by atoms with Crippen molar-refractivity contribution >= 4 is 40.9 Å². The van der Waals surface area contributed by atoms with E-state index in [1.165, 1.54) is 24.3 Å². The van der Waals surface area contributed by atoms with E-state index in [2.05, 4.69) is 5.32 Å². The highest BCUT2D eigenvalue weighted by Crippen LogP contribution is 2.53. The number of non-ortho nitro benzene ring substituents is 1. The SMILES string of the molecule is O=C(Nc1cccc(C(F)(F)F)c1)[C@@H]1[C@@H]2C(=O)N(c3cccc([N+](=O)[O-])c3)C(=O)[C@@H]2[C@@H]2c3ccccc3C=CN12. The van der Waals surface area contributed by atoms with Gasteiger partial charge in [-0.05, 0) is 41.5 Å². The van der Waals surface area contributed by atoms with Crippen molar-refractivity contribution < 1.29 is 32.5 Å². The maximum Gasteiger partial charge on any atom is 0.416 e. The Kier molecular flexibility index (Phi) is 5.71. The molecule has 0 saturated carbocycles. The van der Waals surface area contributed by atoms with Crippen molar-refractivity contribution in [1.29, 1.82) is 0 Å². The number of carbonyl (C=O) groups excluding carboxylic acids is 3. The Morgan fingerprint density at radius 2 is 1.65 bits per heavy atom. The first-order valence-corrected chi connectivity index (χ1v) is 12.2. The van der Waals surface area contributed by atoms with Crippen LogP contribution in [0.5, 0.6) is 0 Å². The van der Waals surface area contributed by atoms with Crippen LogP contribution in [0.25, 0.3) is 6.08 Å². The number of hydrogen-bond donors (Lipinski definition) is 1. The predicted molar refractivity (Wildman–Crippen MR) is 136 cm³/mol. The van der Waals surface area contributed by atoms with Crippen LogP contribution in [0.3, 0.4) is 0 Å². The highest BCUT2D eigenvalue weighted by molar-refractivity contribution is 6.24. The number of nitro groups is 1. The summed E-state index contributed by atoms with van der Waals surface area (Å²) < 4.78 is 39.8. The summed E-state index contributed by atoms with van der Waals surface area (Å²) in [6, 6.07) is 14.4. The number of amides is 3. The van der Waals surface area contributed by atoms with Crippen LogP contribution in [-0.2, 0) is 20.6 Å². The lowest BCUT2D eigenvalue weighted by molar-refractivity contribution is -0.384. The second-order valence-electron chi connectivity index (χ2n) is 9.69. The van der Waals surface area contributed by atoms with E-state index in [0.717, 1.165) is 34.7 Å². The fourth-order valence-corrected chi connectivity index (χ4v) is 5.85. The van der Waals surface area contributed by atoms with Gasteiger partial charge in [0.2, 0.25) is 17.7 Å². The molecule has 2 saturated heterocycles. The van der Waals surface area contributed by atoms with Gasteiger partial charge in [0, 0.05) is 24.0 Å². The molecule has 0 aliphatic carbocycles. The fourth-order valence-electron chi connectivity index (χ4n) is 5.85. The summed E-state index contributed by atoms with van der Waals surface area (Å²) in [6.45, 7) is 0. The van der Waals surface area contributed by atoms with Crippen LogP contribution in [0.1, 0.15) is 22.7 Å². The molecule has 3 aliphatic heterocycles. The van der Waals surface area contributed by atoms with E-state index in [0.29, 0.717) is 5.56 Å². The molecular formula is C28H19F3N4O5. The van der Waals surface area contributed by atoms with Crippen molar-refractivity contribution in [3.8, 4) is 0 Å². The maximum absolute atomic E-state index is 13.9. The van der Waals surface area contributed by atoms with Gasteiger partial charge in [-0.3, -0.25) is 24.5 Å². The molecule has 9 nitrogen and oxygen atoms in total. The van der Waals surface area contributed by atoms with Gasteiger partial charge in [-0.2, -0.15) is 13.2 Å². The van der Waals surface area contributed by atoms with Crippen LogP contribution in [0.15, 0.2) is 79.0 Å². The number of hydrogen-bond acceptors (Lipinski definition) is 6. The molecule has 3 aromatic carbocycles. The molecule has 3 aromatic rings. The molecule has 3 aliphatic rings. The maximum atomic E-state index is 13.9. The van der Waals surface area contributed by atoms with Gasteiger partial charge < -0.3 is 10.2 Å². The molecule has 3 heterocycles. The van der Waals surface area contributed by atoms with Gasteiger partial charge in [0.05, 0.1) is 34.1 Å². The minimum atomic E-state index is -4.63. The number of benzene rings is 3. The second kappa shape index (κ2) is 9.04. The van der Waals surface area contributed by atoms with Gasteiger partial charge in [-0.25, -0.2) is 4.90 Å². The van der Waals surface area contributed by atoms with Gasteiger partial charge in [0.25, 0.3) is 5.69 Å². The minimum Gasteiger partial charge on any atom is -0.357 e.